The molecular weight excluding hydrogens is 210 g/mol. The van der Waals surface area contributed by atoms with Crippen LogP contribution in [0.3, 0.4) is 0 Å². The van der Waals surface area contributed by atoms with Crippen molar-refractivity contribution < 1.29 is 19.4 Å². The third kappa shape index (κ3) is 2.53. The molecule has 1 N–H and O–H groups in total. The highest BCUT2D eigenvalue weighted by atomic mass is 16.5. The summed E-state index contributed by atoms with van der Waals surface area (Å²) in [4.78, 5) is 24.6. The minimum absolute atomic E-state index is 0.102. The van der Waals surface area contributed by atoms with Crippen molar-refractivity contribution in [3.8, 4) is 0 Å². The third-order valence-corrected chi connectivity index (χ3v) is 2.20. The largest absolute Gasteiger partial charge is 0.509 e. The van der Waals surface area contributed by atoms with Crippen LogP contribution in [0.25, 0.3) is 0 Å². The van der Waals surface area contributed by atoms with Crippen LogP contribution in [-0.2, 0) is 14.3 Å². The number of rotatable bonds is 4. The second kappa shape index (κ2) is 5.01. The molecule has 16 heavy (non-hydrogen) atoms. The highest BCUT2D eigenvalue weighted by Crippen LogP contribution is 2.19. The topological polar surface area (TPSA) is 66.8 Å². The first-order valence-electron chi connectivity index (χ1n) is 5.35. The van der Waals surface area contributed by atoms with Gasteiger partial charge < -0.3 is 14.7 Å². The van der Waals surface area contributed by atoms with Gasteiger partial charge in [0.2, 0.25) is 0 Å². The maximum atomic E-state index is 11.8. The molecule has 0 bridgehead atoms. The molecule has 5 nitrogen and oxygen atoms in total. The fourth-order valence-corrected chi connectivity index (χ4v) is 1.61. The van der Waals surface area contributed by atoms with Gasteiger partial charge in [0.05, 0.1) is 13.2 Å². The zero-order valence-corrected chi connectivity index (χ0v) is 9.82. The number of aliphatic hydroxyl groups is 1. The zero-order valence-electron chi connectivity index (χ0n) is 9.82. The van der Waals surface area contributed by atoms with E-state index in [1.807, 2.05) is 13.8 Å². The molecule has 1 rings (SSSR count). The van der Waals surface area contributed by atoms with Gasteiger partial charge in [0.1, 0.15) is 5.76 Å². The normalized spacial score (nSPS) is 16.2. The first kappa shape index (κ1) is 12.5. The number of aliphatic hydroxyl groups excluding tert-OH is 1. The fraction of sp³-hybridized carbons (Fsp3) is 0.636. The van der Waals surface area contributed by atoms with Crippen molar-refractivity contribution in [1.82, 2.24) is 4.90 Å². The number of esters is 1. The lowest BCUT2D eigenvalue weighted by Gasteiger charge is -2.18. The van der Waals surface area contributed by atoms with Crippen molar-refractivity contribution in [2.24, 2.45) is 5.92 Å². The molecule has 0 aromatic rings. The Morgan fingerprint density at radius 1 is 1.56 bits per heavy atom. The molecule has 0 aromatic carbocycles. The van der Waals surface area contributed by atoms with Crippen LogP contribution in [0, 0.1) is 5.92 Å². The van der Waals surface area contributed by atoms with Crippen LogP contribution in [0.5, 0.6) is 0 Å². The van der Waals surface area contributed by atoms with Gasteiger partial charge in [0, 0.05) is 6.54 Å². The van der Waals surface area contributed by atoms with Crippen LogP contribution in [0.1, 0.15) is 20.8 Å². The highest BCUT2D eigenvalue weighted by Gasteiger charge is 2.36. The predicted octanol–water partition coefficient (Wildman–Crippen LogP) is 0.860. The van der Waals surface area contributed by atoms with E-state index in [0.717, 1.165) is 0 Å². The van der Waals surface area contributed by atoms with E-state index in [0.29, 0.717) is 12.5 Å². The number of hydrogen-bond acceptors (Lipinski definition) is 4. The summed E-state index contributed by atoms with van der Waals surface area (Å²) >= 11 is 0. The highest BCUT2D eigenvalue weighted by molar-refractivity contribution is 6.18. The van der Waals surface area contributed by atoms with Gasteiger partial charge in [-0.2, -0.15) is 0 Å². The molecule has 0 fully saturated rings. The molecule has 0 radical (unpaired) electrons. The van der Waals surface area contributed by atoms with Gasteiger partial charge in [-0.15, -0.1) is 0 Å². The molecule has 90 valence electrons. The van der Waals surface area contributed by atoms with E-state index in [1.54, 1.807) is 6.92 Å². The van der Waals surface area contributed by atoms with Gasteiger partial charge in [0.25, 0.3) is 5.91 Å². The second-order valence-corrected chi connectivity index (χ2v) is 4.12. The Kier molecular flexibility index (Phi) is 3.93. The van der Waals surface area contributed by atoms with Crippen LogP contribution in [0.2, 0.25) is 0 Å². The van der Waals surface area contributed by atoms with Gasteiger partial charge in [0.15, 0.2) is 5.57 Å². The lowest BCUT2D eigenvalue weighted by molar-refractivity contribution is -0.141. The van der Waals surface area contributed by atoms with E-state index >= 15 is 0 Å². The van der Waals surface area contributed by atoms with E-state index in [4.69, 9.17) is 4.74 Å². The quantitative estimate of drug-likeness (QED) is 0.571. The molecule has 0 unspecified atom stereocenters. The number of amides is 1. The predicted molar refractivity (Wildman–Crippen MR) is 57.7 cm³/mol. The summed E-state index contributed by atoms with van der Waals surface area (Å²) in [5.41, 5.74) is -0.220. The number of ether oxygens (including phenoxy) is 1. The van der Waals surface area contributed by atoms with Crippen molar-refractivity contribution >= 4 is 11.9 Å². The molecule has 1 aliphatic heterocycles. The van der Waals surface area contributed by atoms with Crippen molar-refractivity contribution in [3.05, 3.63) is 11.3 Å². The summed E-state index contributed by atoms with van der Waals surface area (Å²) in [6.07, 6.45) is 0. The fourth-order valence-electron chi connectivity index (χ4n) is 1.61. The number of carbonyl (C=O) groups excluding carboxylic acids is 2. The van der Waals surface area contributed by atoms with Crippen molar-refractivity contribution in [2.45, 2.75) is 20.8 Å². The Bertz CT molecular complexity index is 333. The average molecular weight is 227 g/mol. The number of nitrogens with zero attached hydrogens (tertiary/aromatic N) is 1. The third-order valence-electron chi connectivity index (χ3n) is 2.20. The standard InChI is InChI=1S/C11H17NO4/c1-4-16-11(15)9-8(13)6-12(10(9)14)5-7(2)3/h7,13H,4-6H2,1-3H3. The van der Waals surface area contributed by atoms with Crippen molar-refractivity contribution in [3.63, 3.8) is 0 Å². The molecule has 0 spiro atoms. The molecule has 1 aliphatic rings. The summed E-state index contributed by atoms with van der Waals surface area (Å²) in [7, 11) is 0. The monoisotopic (exact) mass is 227 g/mol. The van der Waals surface area contributed by atoms with Crippen molar-refractivity contribution in [2.75, 3.05) is 19.7 Å². The Morgan fingerprint density at radius 2 is 2.19 bits per heavy atom. The number of carbonyl (C=O) groups is 2. The van der Waals surface area contributed by atoms with E-state index < -0.39 is 11.9 Å². The molecule has 0 aromatic heterocycles. The van der Waals surface area contributed by atoms with Crippen molar-refractivity contribution in [1.29, 1.82) is 0 Å². The van der Waals surface area contributed by atoms with Crippen LogP contribution in [-0.4, -0.2) is 41.6 Å². The maximum Gasteiger partial charge on any atom is 0.347 e. The maximum absolute atomic E-state index is 11.8. The molecule has 0 saturated heterocycles. The molecule has 1 heterocycles. The summed E-state index contributed by atoms with van der Waals surface area (Å²) in [6, 6.07) is 0. The molecule has 0 saturated carbocycles. The Labute approximate surface area is 94.7 Å². The van der Waals surface area contributed by atoms with Crippen LogP contribution in [0.15, 0.2) is 11.3 Å². The minimum atomic E-state index is -0.740. The molecule has 1 amide bonds. The average Bonchev–Trinajstić information content (AvgIpc) is 2.41. The van der Waals surface area contributed by atoms with Gasteiger partial charge in [-0.3, -0.25) is 4.79 Å². The molecule has 0 atom stereocenters. The molecule has 0 aliphatic carbocycles. The Hall–Kier alpha value is -1.52. The summed E-state index contributed by atoms with van der Waals surface area (Å²) < 4.78 is 4.72. The SMILES string of the molecule is CCOC(=O)C1=C(O)CN(CC(C)C)C1=O. The Morgan fingerprint density at radius 3 is 2.69 bits per heavy atom. The molecular formula is C11H17NO4. The van der Waals surface area contributed by atoms with Crippen LogP contribution >= 0.6 is 0 Å². The summed E-state index contributed by atoms with van der Waals surface area (Å²) in [5, 5.41) is 9.56. The smallest absolute Gasteiger partial charge is 0.347 e. The van der Waals surface area contributed by atoms with Gasteiger partial charge in [-0.1, -0.05) is 13.8 Å². The van der Waals surface area contributed by atoms with Crippen LogP contribution in [0.4, 0.5) is 0 Å². The minimum Gasteiger partial charge on any atom is -0.509 e. The van der Waals surface area contributed by atoms with E-state index in [-0.39, 0.29) is 24.5 Å². The van der Waals surface area contributed by atoms with Gasteiger partial charge in [-0.05, 0) is 12.8 Å². The zero-order chi connectivity index (χ0) is 12.3. The molecule has 5 heteroatoms. The van der Waals surface area contributed by atoms with E-state index in [2.05, 4.69) is 0 Å². The van der Waals surface area contributed by atoms with Gasteiger partial charge >= 0.3 is 5.97 Å². The first-order valence-corrected chi connectivity index (χ1v) is 5.35. The Balaban J connectivity index is 2.76. The summed E-state index contributed by atoms with van der Waals surface area (Å²) in [5.74, 6) is -1.08. The number of hydrogen-bond donors (Lipinski definition) is 1. The van der Waals surface area contributed by atoms with E-state index in [9.17, 15) is 14.7 Å². The van der Waals surface area contributed by atoms with E-state index in [1.165, 1.54) is 4.90 Å². The first-order chi connectivity index (χ1) is 7.47. The van der Waals surface area contributed by atoms with Gasteiger partial charge in [-0.25, -0.2) is 4.79 Å². The lowest BCUT2D eigenvalue weighted by Crippen LogP contribution is -2.32. The second-order valence-electron chi connectivity index (χ2n) is 4.12. The lowest BCUT2D eigenvalue weighted by atomic mass is 10.2. The summed E-state index contributed by atoms with van der Waals surface area (Å²) in [6.45, 7) is 6.39. The van der Waals surface area contributed by atoms with Crippen LogP contribution < -0.4 is 0 Å².